The predicted octanol–water partition coefficient (Wildman–Crippen LogP) is 1.24. The zero-order valence-corrected chi connectivity index (χ0v) is 62.5. The standard InChI is InChI=1S/C67H128N4O29S2/c68-6-11-75-15-19-79-20-16-76-12-8-69-65(72)4-10-74-14-18-78-22-24-81-26-28-83-30-32-85-34-36-87-38-40-89-42-44-91-46-48-93-50-52-95-54-56-97-58-60-99-62-63-100-61-59-98-57-55-96-53-51-94-49-47-92-45-43-90-41-39-88-37-35-86-33-31-84-29-27-82-25-23-80-21-17-77-13-9-70-66(73)5-64-101-102-67-3-1-2-7-71-67/h1-3,7H,4-6,8-64,68H2,(H,69,72)(H,70,73). The van der Waals surface area contributed by atoms with E-state index in [0.29, 0.717) is 389 Å². The average molecular weight is 1520 g/mol. The van der Waals surface area contributed by atoms with Crippen LogP contribution in [0.5, 0.6) is 0 Å². The third-order valence-electron chi connectivity index (χ3n) is 12.4. The molecule has 4 N–H and O–H groups in total. The van der Waals surface area contributed by atoms with Gasteiger partial charge in [-0.1, -0.05) is 16.9 Å². The summed E-state index contributed by atoms with van der Waals surface area (Å²) in [4.78, 5) is 28.0. The zero-order valence-electron chi connectivity index (χ0n) is 60.9. The number of ether oxygens (including phenoxy) is 27. The minimum Gasteiger partial charge on any atom is -0.379 e. The van der Waals surface area contributed by atoms with E-state index in [4.69, 9.17) is 134 Å². The molecule has 0 saturated carbocycles. The Labute approximate surface area is 614 Å². The molecule has 0 radical (unpaired) electrons. The number of carbonyl (C=O) groups excluding carboxylic acids is 2. The molecule has 0 aliphatic heterocycles. The molecule has 0 atom stereocenters. The summed E-state index contributed by atoms with van der Waals surface area (Å²) in [5.41, 5.74) is 5.35. The molecule has 2 amide bonds. The predicted molar refractivity (Wildman–Crippen MR) is 379 cm³/mol. The molecule has 0 fully saturated rings. The summed E-state index contributed by atoms with van der Waals surface area (Å²) in [5, 5.41) is 6.58. The molecule has 0 spiro atoms. The van der Waals surface area contributed by atoms with Crippen LogP contribution in [0.4, 0.5) is 0 Å². The topological polar surface area (TPSA) is 346 Å². The highest BCUT2D eigenvalue weighted by molar-refractivity contribution is 8.76. The molecule has 0 aromatic carbocycles. The monoisotopic (exact) mass is 1520 g/mol. The number of hydrogen-bond donors (Lipinski definition) is 3. The van der Waals surface area contributed by atoms with Gasteiger partial charge in [0.25, 0.3) is 0 Å². The van der Waals surface area contributed by atoms with Crippen molar-refractivity contribution in [2.24, 2.45) is 5.73 Å². The van der Waals surface area contributed by atoms with Crippen LogP contribution in [0.3, 0.4) is 0 Å². The Bertz CT molecular complexity index is 1770. The van der Waals surface area contributed by atoms with Crippen LogP contribution in [0, 0.1) is 0 Å². The number of hydrogen-bond acceptors (Lipinski definition) is 33. The molecule has 1 aromatic heterocycles. The first-order valence-corrected chi connectivity index (χ1v) is 38.1. The summed E-state index contributed by atoms with van der Waals surface area (Å²) >= 11 is 0. The number of rotatable bonds is 91. The van der Waals surface area contributed by atoms with Crippen molar-refractivity contribution in [2.45, 2.75) is 17.9 Å². The van der Waals surface area contributed by atoms with Gasteiger partial charge < -0.3 is 144 Å². The summed E-state index contributed by atoms with van der Waals surface area (Å²) in [6.07, 6.45) is 2.48. The second-order valence-corrected chi connectivity index (χ2v) is 23.0. The van der Waals surface area contributed by atoms with E-state index in [2.05, 4.69) is 15.6 Å². The van der Waals surface area contributed by atoms with E-state index >= 15 is 0 Å². The summed E-state index contributed by atoms with van der Waals surface area (Å²) in [5.74, 6) is 0.632. The van der Waals surface area contributed by atoms with Gasteiger partial charge in [0.2, 0.25) is 11.8 Å². The van der Waals surface area contributed by atoms with Crippen LogP contribution in [0.1, 0.15) is 12.8 Å². The first-order valence-electron chi connectivity index (χ1n) is 35.7. The van der Waals surface area contributed by atoms with E-state index in [9.17, 15) is 9.59 Å². The maximum absolute atomic E-state index is 11.9. The largest absolute Gasteiger partial charge is 0.379 e. The summed E-state index contributed by atoms with van der Waals surface area (Å²) in [6, 6.07) is 5.77. The van der Waals surface area contributed by atoms with E-state index < -0.39 is 0 Å². The Morgan fingerprint density at radius 1 is 0.265 bits per heavy atom. The lowest BCUT2D eigenvalue weighted by atomic mass is 10.4. The zero-order chi connectivity index (χ0) is 72.6. The molecule has 0 aliphatic carbocycles. The molecule has 1 rings (SSSR count). The minimum atomic E-state index is -0.0918. The molecule has 0 aliphatic rings. The van der Waals surface area contributed by atoms with Crippen LogP contribution in [0.15, 0.2) is 29.4 Å². The molecule has 0 unspecified atom stereocenters. The fraction of sp³-hybridized carbons (Fsp3) is 0.896. The number of amides is 2. The van der Waals surface area contributed by atoms with Crippen molar-refractivity contribution >= 4 is 33.4 Å². The van der Waals surface area contributed by atoms with Crippen LogP contribution < -0.4 is 16.4 Å². The normalized spacial score (nSPS) is 11.6. The van der Waals surface area contributed by atoms with Crippen LogP contribution in [-0.2, 0) is 137 Å². The Morgan fingerprint density at radius 3 is 0.667 bits per heavy atom. The number of nitrogens with one attached hydrogen (secondary N) is 2. The second kappa shape index (κ2) is 89.3. The van der Waals surface area contributed by atoms with E-state index in [-0.39, 0.29) is 18.2 Å². The Morgan fingerprint density at radius 2 is 0.461 bits per heavy atom. The highest BCUT2D eigenvalue weighted by atomic mass is 33.1. The van der Waals surface area contributed by atoms with Crippen molar-refractivity contribution < 1.29 is 137 Å². The van der Waals surface area contributed by atoms with Gasteiger partial charge >= 0.3 is 0 Å². The van der Waals surface area contributed by atoms with Crippen molar-refractivity contribution in [3.8, 4) is 0 Å². The third-order valence-corrected chi connectivity index (χ3v) is 14.6. The lowest BCUT2D eigenvalue weighted by molar-refractivity contribution is -0.122. The van der Waals surface area contributed by atoms with E-state index in [1.54, 1.807) is 27.8 Å². The van der Waals surface area contributed by atoms with Crippen molar-refractivity contribution in [1.82, 2.24) is 15.6 Å². The van der Waals surface area contributed by atoms with Gasteiger partial charge in [-0.2, -0.15) is 0 Å². The van der Waals surface area contributed by atoms with E-state index in [1.807, 2.05) is 18.2 Å². The van der Waals surface area contributed by atoms with Crippen molar-refractivity contribution in [2.75, 3.05) is 382 Å². The van der Waals surface area contributed by atoms with Crippen molar-refractivity contribution in [3.05, 3.63) is 24.4 Å². The fourth-order valence-corrected chi connectivity index (χ4v) is 9.15. The quantitative estimate of drug-likeness (QED) is 0.0610. The van der Waals surface area contributed by atoms with Gasteiger partial charge in [-0.25, -0.2) is 4.98 Å². The lowest BCUT2D eigenvalue weighted by Gasteiger charge is -2.09. The van der Waals surface area contributed by atoms with Crippen molar-refractivity contribution in [3.63, 3.8) is 0 Å². The summed E-state index contributed by atoms with van der Waals surface area (Å²) < 4.78 is 149. The Balaban J connectivity index is 1.59. The molecule has 1 heterocycles. The van der Waals surface area contributed by atoms with Gasteiger partial charge in [0.15, 0.2) is 0 Å². The maximum atomic E-state index is 11.9. The van der Waals surface area contributed by atoms with Gasteiger partial charge in [0, 0.05) is 44.4 Å². The van der Waals surface area contributed by atoms with Gasteiger partial charge in [0.1, 0.15) is 5.03 Å². The summed E-state index contributed by atoms with van der Waals surface area (Å²) in [6.45, 7) is 26.6. The molecule has 0 saturated heterocycles. The molecular formula is C67H128N4O29S2. The molecule has 0 bridgehead atoms. The number of nitrogens with two attached hydrogens (primary N) is 1. The summed E-state index contributed by atoms with van der Waals surface area (Å²) in [7, 11) is 3.18. The molecule has 602 valence electrons. The van der Waals surface area contributed by atoms with Gasteiger partial charge in [-0.3, -0.25) is 9.59 Å². The highest BCUT2D eigenvalue weighted by Gasteiger charge is 2.06. The number of pyridine rings is 1. The SMILES string of the molecule is NCCOCCOCCOCCNC(=O)CCOCCOCCOCCOCCOCCOCCOCCOCCOCCOCCOCCOCCOCCOCCOCCOCCOCCOCCOCCOCCOCCOCCOCCOCCNC(=O)CCSSc1ccccn1. The molecular weight excluding hydrogens is 1390 g/mol. The van der Waals surface area contributed by atoms with Crippen LogP contribution in [-0.4, -0.2) is 399 Å². The first kappa shape index (κ1) is 97.7. The second-order valence-electron chi connectivity index (χ2n) is 20.6. The first-order chi connectivity index (χ1) is 50.7. The number of carbonyl (C=O) groups is 2. The molecule has 33 nitrogen and oxygen atoms in total. The Hall–Kier alpha value is -2.33. The van der Waals surface area contributed by atoms with E-state index in [1.165, 1.54) is 0 Å². The van der Waals surface area contributed by atoms with Crippen LogP contribution in [0.2, 0.25) is 0 Å². The maximum Gasteiger partial charge on any atom is 0.222 e. The molecule has 35 heteroatoms. The minimum absolute atomic E-state index is 0.00927. The van der Waals surface area contributed by atoms with Crippen LogP contribution in [0.25, 0.3) is 0 Å². The van der Waals surface area contributed by atoms with Gasteiger partial charge in [-0.15, -0.1) is 0 Å². The van der Waals surface area contributed by atoms with Crippen LogP contribution >= 0.6 is 21.6 Å². The lowest BCUT2D eigenvalue weighted by Crippen LogP contribution is -2.28. The van der Waals surface area contributed by atoms with E-state index in [0.717, 1.165) is 5.03 Å². The van der Waals surface area contributed by atoms with Crippen molar-refractivity contribution in [1.29, 1.82) is 0 Å². The number of aromatic nitrogens is 1. The highest BCUT2D eigenvalue weighted by Crippen LogP contribution is 2.29. The fourth-order valence-electron chi connectivity index (χ4n) is 7.28. The third kappa shape index (κ3) is 84.9. The van der Waals surface area contributed by atoms with Gasteiger partial charge in [-0.05, 0) is 22.9 Å². The molecule has 1 aromatic rings. The Kier molecular flexibility index (Phi) is 85.5. The molecule has 102 heavy (non-hydrogen) atoms. The van der Waals surface area contributed by atoms with Gasteiger partial charge in [0.05, 0.1) is 357 Å². The average Bonchev–Trinajstić information content (AvgIpc) is 1.61. The smallest absolute Gasteiger partial charge is 0.222 e. The number of nitrogens with zero attached hydrogens (tertiary/aromatic N) is 1.